The van der Waals surface area contributed by atoms with Crippen molar-refractivity contribution in [3.63, 3.8) is 0 Å². The van der Waals surface area contributed by atoms with Gasteiger partial charge in [0.25, 0.3) is 0 Å². The van der Waals surface area contributed by atoms with Crippen molar-refractivity contribution in [1.29, 1.82) is 0 Å². The summed E-state index contributed by atoms with van der Waals surface area (Å²) in [4.78, 5) is 2.44. The molecule has 3 heteroatoms. The Bertz CT molecular complexity index is 475. The van der Waals surface area contributed by atoms with E-state index in [9.17, 15) is 0 Å². The molecule has 0 bridgehead atoms. The molecular formula is C16H21NO2. The van der Waals surface area contributed by atoms with Gasteiger partial charge >= 0.3 is 0 Å². The maximum Gasteiger partial charge on any atom is 0.104 e. The van der Waals surface area contributed by atoms with Gasteiger partial charge in [-0.15, -0.1) is 0 Å². The molecule has 3 nitrogen and oxygen atoms in total. The minimum atomic E-state index is -0.0950. The van der Waals surface area contributed by atoms with Crippen LogP contribution in [-0.4, -0.2) is 41.9 Å². The number of nitrogens with zero attached hydrogens (tertiary/aromatic N) is 1. The van der Waals surface area contributed by atoms with Crippen molar-refractivity contribution >= 4 is 0 Å². The summed E-state index contributed by atoms with van der Waals surface area (Å²) in [6, 6.07) is 8.65. The Morgan fingerprint density at radius 3 is 3.05 bits per heavy atom. The predicted octanol–water partition coefficient (Wildman–Crippen LogP) is 1.64. The van der Waals surface area contributed by atoms with E-state index in [0.717, 1.165) is 25.3 Å². The molecule has 0 radical (unpaired) electrons. The number of rotatable bonds is 2. The molecule has 102 valence electrons. The highest BCUT2D eigenvalue weighted by molar-refractivity contribution is 5.37. The van der Waals surface area contributed by atoms with Crippen LogP contribution < -0.4 is 0 Å². The molecule has 1 saturated heterocycles. The van der Waals surface area contributed by atoms with Crippen molar-refractivity contribution in [2.24, 2.45) is 0 Å². The van der Waals surface area contributed by atoms with Gasteiger partial charge in [0.2, 0.25) is 0 Å². The van der Waals surface area contributed by atoms with Crippen LogP contribution in [0, 0.1) is 11.8 Å². The van der Waals surface area contributed by atoms with E-state index >= 15 is 0 Å². The molecule has 0 aliphatic carbocycles. The fraction of sp³-hybridized carbons (Fsp3) is 0.500. The van der Waals surface area contributed by atoms with Gasteiger partial charge in [0, 0.05) is 24.7 Å². The van der Waals surface area contributed by atoms with Crippen molar-refractivity contribution < 1.29 is 9.84 Å². The Morgan fingerprint density at radius 2 is 2.26 bits per heavy atom. The lowest BCUT2D eigenvalue weighted by Gasteiger charge is -2.36. The van der Waals surface area contributed by atoms with Crippen LogP contribution in [0.5, 0.6) is 0 Å². The summed E-state index contributed by atoms with van der Waals surface area (Å²) in [5.41, 5.74) is 2.21. The lowest BCUT2D eigenvalue weighted by atomic mass is 10.1. The Labute approximate surface area is 115 Å². The first-order valence-corrected chi connectivity index (χ1v) is 6.73. The van der Waals surface area contributed by atoms with Crippen LogP contribution in [0.1, 0.15) is 25.0 Å². The molecule has 2 rings (SSSR count). The minimum absolute atomic E-state index is 0.0950. The van der Waals surface area contributed by atoms with E-state index < -0.39 is 0 Å². The van der Waals surface area contributed by atoms with Gasteiger partial charge in [-0.3, -0.25) is 4.90 Å². The maximum atomic E-state index is 8.73. The number of benzene rings is 1. The van der Waals surface area contributed by atoms with Crippen molar-refractivity contribution in [2.75, 3.05) is 19.8 Å². The molecule has 0 saturated carbocycles. The summed E-state index contributed by atoms with van der Waals surface area (Å²) in [7, 11) is 0. The zero-order valence-electron chi connectivity index (χ0n) is 11.6. The van der Waals surface area contributed by atoms with E-state index in [4.69, 9.17) is 9.84 Å². The van der Waals surface area contributed by atoms with Gasteiger partial charge in [0.05, 0.1) is 12.7 Å². The Balaban J connectivity index is 2.05. The zero-order valence-corrected chi connectivity index (χ0v) is 11.6. The summed E-state index contributed by atoms with van der Waals surface area (Å²) in [6.07, 6.45) is 0.300. The second-order valence-corrected chi connectivity index (χ2v) is 5.08. The van der Waals surface area contributed by atoms with E-state index in [-0.39, 0.29) is 6.61 Å². The molecule has 1 aliphatic heterocycles. The summed E-state index contributed by atoms with van der Waals surface area (Å²) < 4.78 is 5.64. The van der Waals surface area contributed by atoms with E-state index in [0.29, 0.717) is 12.1 Å². The lowest BCUT2D eigenvalue weighted by molar-refractivity contribution is -0.0526. The molecule has 1 aromatic rings. The SMILES string of the molecule is CC1CN(Cc2cccc(C#CCO)c2)C(C)CO1. The third-order valence-corrected chi connectivity index (χ3v) is 3.36. The van der Waals surface area contributed by atoms with Crippen molar-refractivity contribution in [2.45, 2.75) is 32.5 Å². The van der Waals surface area contributed by atoms with Crippen LogP contribution in [0.15, 0.2) is 24.3 Å². The van der Waals surface area contributed by atoms with E-state index in [1.165, 1.54) is 5.56 Å². The quantitative estimate of drug-likeness (QED) is 0.820. The minimum Gasteiger partial charge on any atom is -0.384 e. The van der Waals surface area contributed by atoms with Gasteiger partial charge in [0.15, 0.2) is 0 Å². The van der Waals surface area contributed by atoms with Crippen LogP contribution in [-0.2, 0) is 11.3 Å². The average molecular weight is 259 g/mol. The molecule has 19 heavy (non-hydrogen) atoms. The van der Waals surface area contributed by atoms with Gasteiger partial charge in [-0.1, -0.05) is 24.0 Å². The molecule has 2 atom stereocenters. The molecular weight excluding hydrogens is 238 g/mol. The number of aliphatic hydroxyl groups excluding tert-OH is 1. The van der Waals surface area contributed by atoms with E-state index in [1.54, 1.807) is 0 Å². The molecule has 1 heterocycles. The first kappa shape index (κ1) is 14.1. The standard InChI is InChI=1S/C16H21NO2/c1-13-12-19-14(2)10-17(13)11-16-6-3-5-15(9-16)7-4-8-18/h3,5-6,9,13-14,18H,8,10-12H2,1-2H3. The summed E-state index contributed by atoms with van der Waals surface area (Å²) in [6.45, 7) is 6.90. The Kier molecular flexibility index (Phi) is 4.98. The molecule has 1 aromatic carbocycles. The number of morpholine rings is 1. The summed E-state index contributed by atoms with van der Waals surface area (Å²) in [5.74, 6) is 5.63. The first-order chi connectivity index (χ1) is 9.19. The summed E-state index contributed by atoms with van der Waals surface area (Å²) in [5, 5.41) is 8.73. The molecule has 0 spiro atoms. The number of hydrogen-bond acceptors (Lipinski definition) is 3. The summed E-state index contributed by atoms with van der Waals surface area (Å²) >= 11 is 0. The fourth-order valence-electron chi connectivity index (χ4n) is 2.32. The largest absolute Gasteiger partial charge is 0.384 e. The second kappa shape index (κ2) is 6.72. The second-order valence-electron chi connectivity index (χ2n) is 5.08. The normalized spacial score (nSPS) is 23.7. The monoisotopic (exact) mass is 259 g/mol. The van der Waals surface area contributed by atoms with Crippen LogP contribution in [0.4, 0.5) is 0 Å². The Morgan fingerprint density at radius 1 is 1.42 bits per heavy atom. The van der Waals surface area contributed by atoms with Crippen LogP contribution >= 0.6 is 0 Å². The predicted molar refractivity (Wildman–Crippen MR) is 75.7 cm³/mol. The molecule has 1 aliphatic rings. The van der Waals surface area contributed by atoms with Crippen molar-refractivity contribution in [3.05, 3.63) is 35.4 Å². The van der Waals surface area contributed by atoms with Gasteiger partial charge in [-0.2, -0.15) is 0 Å². The lowest BCUT2D eigenvalue weighted by Crippen LogP contribution is -2.46. The first-order valence-electron chi connectivity index (χ1n) is 6.73. The van der Waals surface area contributed by atoms with Crippen molar-refractivity contribution in [1.82, 2.24) is 4.90 Å². The highest BCUT2D eigenvalue weighted by Crippen LogP contribution is 2.16. The number of aliphatic hydroxyl groups is 1. The number of ether oxygens (including phenoxy) is 1. The third-order valence-electron chi connectivity index (χ3n) is 3.36. The van der Waals surface area contributed by atoms with Gasteiger partial charge in [0.1, 0.15) is 6.61 Å². The van der Waals surface area contributed by atoms with E-state index in [2.05, 4.69) is 42.7 Å². The van der Waals surface area contributed by atoms with Crippen molar-refractivity contribution in [3.8, 4) is 11.8 Å². The topological polar surface area (TPSA) is 32.7 Å². The van der Waals surface area contributed by atoms with Gasteiger partial charge in [-0.25, -0.2) is 0 Å². The maximum absolute atomic E-state index is 8.73. The van der Waals surface area contributed by atoms with Crippen LogP contribution in [0.3, 0.4) is 0 Å². The Hall–Kier alpha value is -1.34. The van der Waals surface area contributed by atoms with Crippen LogP contribution in [0.2, 0.25) is 0 Å². The number of hydrogen-bond donors (Lipinski definition) is 1. The van der Waals surface area contributed by atoms with E-state index in [1.807, 2.05) is 12.1 Å². The molecule has 0 amide bonds. The molecule has 2 unspecified atom stereocenters. The average Bonchev–Trinajstić information content (AvgIpc) is 2.41. The highest BCUT2D eigenvalue weighted by atomic mass is 16.5. The van der Waals surface area contributed by atoms with Gasteiger partial charge in [-0.05, 0) is 31.5 Å². The zero-order chi connectivity index (χ0) is 13.7. The fourth-order valence-corrected chi connectivity index (χ4v) is 2.32. The highest BCUT2D eigenvalue weighted by Gasteiger charge is 2.23. The molecule has 0 aromatic heterocycles. The third kappa shape index (κ3) is 4.07. The molecule has 1 N–H and O–H groups in total. The van der Waals surface area contributed by atoms with Crippen LogP contribution in [0.25, 0.3) is 0 Å². The smallest absolute Gasteiger partial charge is 0.104 e. The molecule has 1 fully saturated rings. The van der Waals surface area contributed by atoms with Gasteiger partial charge < -0.3 is 9.84 Å².